The van der Waals surface area contributed by atoms with E-state index in [1.807, 2.05) is 0 Å². The Balaban J connectivity index is 3.10. The van der Waals surface area contributed by atoms with Gasteiger partial charge in [0.1, 0.15) is 16.3 Å². The quantitative estimate of drug-likeness (QED) is 0.326. The predicted molar refractivity (Wildman–Crippen MR) is 67.7 cm³/mol. The van der Waals surface area contributed by atoms with Crippen molar-refractivity contribution in [3.05, 3.63) is 10.7 Å². The summed E-state index contributed by atoms with van der Waals surface area (Å²) in [5, 5.41) is 19.8. The highest BCUT2D eigenvalue weighted by molar-refractivity contribution is 7.17. The van der Waals surface area contributed by atoms with Gasteiger partial charge in [0.25, 0.3) is 0 Å². The Kier molecular flexibility index (Phi) is 4.10. The largest absolute Gasteiger partial charge is 0.476 e. The first-order chi connectivity index (χ1) is 8.65. The van der Waals surface area contributed by atoms with Crippen molar-refractivity contribution in [3.8, 4) is 0 Å². The monoisotopic (exact) mass is 287 g/mol. The van der Waals surface area contributed by atoms with Crippen LogP contribution in [0, 0.1) is 0 Å². The predicted octanol–water partition coefficient (Wildman–Crippen LogP) is 0.944. The summed E-state index contributed by atoms with van der Waals surface area (Å²) < 4.78 is 5.07. The van der Waals surface area contributed by atoms with Crippen molar-refractivity contribution in [1.29, 1.82) is 0 Å². The van der Waals surface area contributed by atoms with Gasteiger partial charge in [-0.1, -0.05) is 16.5 Å². The number of nitrogen functional groups attached to an aromatic ring is 1. The first-order valence-corrected chi connectivity index (χ1v) is 5.92. The number of nitrogens with two attached hydrogens (primary N) is 1. The lowest BCUT2D eigenvalue weighted by Crippen LogP contribution is -2.24. The normalized spacial score (nSPS) is 12.3. The maximum atomic E-state index is 11.7. The van der Waals surface area contributed by atoms with Crippen molar-refractivity contribution in [2.24, 2.45) is 5.16 Å². The average molecular weight is 287 g/mol. The Labute approximate surface area is 112 Å². The lowest BCUT2D eigenvalue weighted by molar-refractivity contribution is -0.129. The molecule has 0 bridgehead atoms. The van der Waals surface area contributed by atoms with E-state index in [2.05, 4.69) is 10.1 Å². The van der Waals surface area contributed by atoms with Crippen LogP contribution in [0.15, 0.2) is 5.16 Å². The first kappa shape index (κ1) is 14.9. The standard InChI is InChI=1S/C10H13N3O5S/c1-10(2,3)18-9(16)7-12-4(6(11)19-7)5(13-17)8(14)15/h17H,11H2,1-3H3,(H,14,15)/b13-5-. The van der Waals surface area contributed by atoms with Crippen molar-refractivity contribution >= 4 is 34.0 Å². The molecule has 0 aliphatic rings. The Bertz CT molecular complexity index is 544. The number of rotatable bonds is 3. The molecule has 0 aliphatic carbocycles. The summed E-state index contributed by atoms with van der Waals surface area (Å²) >= 11 is 0.761. The third-order valence-electron chi connectivity index (χ3n) is 1.75. The highest BCUT2D eigenvalue weighted by Gasteiger charge is 2.26. The number of nitrogens with zero attached hydrogens (tertiary/aromatic N) is 2. The van der Waals surface area contributed by atoms with Crippen LogP contribution in [0.2, 0.25) is 0 Å². The van der Waals surface area contributed by atoms with E-state index in [4.69, 9.17) is 20.8 Å². The average Bonchev–Trinajstić information content (AvgIpc) is 2.59. The van der Waals surface area contributed by atoms with Gasteiger partial charge in [0.2, 0.25) is 10.7 Å². The molecule has 0 saturated carbocycles. The second kappa shape index (κ2) is 5.22. The molecular weight excluding hydrogens is 274 g/mol. The molecule has 0 radical (unpaired) electrons. The van der Waals surface area contributed by atoms with E-state index in [1.165, 1.54) is 0 Å². The third-order valence-corrected chi connectivity index (χ3v) is 2.62. The van der Waals surface area contributed by atoms with Gasteiger partial charge in [-0.15, -0.1) is 0 Å². The summed E-state index contributed by atoms with van der Waals surface area (Å²) in [5.74, 6) is -2.23. The fraction of sp³-hybridized carbons (Fsp3) is 0.400. The smallest absolute Gasteiger partial charge is 0.368 e. The van der Waals surface area contributed by atoms with Crippen molar-refractivity contribution in [3.63, 3.8) is 0 Å². The van der Waals surface area contributed by atoms with Gasteiger partial charge in [-0.05, 0) is 20.8 Å². The van der Waals surface area contributed by atoms with E-state index >= 15 is 0 Å². The van der Waals surface area contributed by atoms with Gasteiger partial charge in [-0.3, -0.25) is 0 Å². The van der Waals surface area contributed by atoms with Crippen LogP contribution in [0.4, 0.5) is 5.00 Å². The summed E-state index contributed by atoms with van der Waals surface area (Å²) in [4.78, 5) is 26.3. The fourth-order valence-corrected chi connectivity index (χ4v) is 1.81. The maximum Gasteiger partial charge on any atom is 0.368 e. The number of esters is 1. The van der Waals surface area contributed by atoms with Gasteiger partial charge in [-0.25, -0.2) is 14.6 Å². The second-order valence-electron chi connectivity index (χ2n) is 4.49. The zero-order valence-corrected chi connectivity index (χ0v) is 11.3. The van der Waals surface area contributed by atoms with Crippen LogP contribution < -0.4 is 5.73 Å². The van der Waals surface area contributed by atoms with E-state index in [9.17, 15) is 9.59 Å². The van der Waals surface area contributed by atoms with E-state index in [1.54, 1.807) is 20.8 Å². The van der Waals surface area contributed by atoms with E-state index in [0.717, 1.165) is 11.3 Å². The number of aromatic nitrogens is 1. The molecule has 0 spiro atoms. The Hall–Kier alpha value is -2.16. The van der Waals surface area contributed by atoms with Gasteiger partial charge in [-0.2, -0.15) is 0 Å². The van der Waals surface area contributed by atoms with Gasteiger partial charge >= 0.3 is 11.9 Å². The number of anilines is 1. The number of ether oxygens (including phenoxy) is 1. The Morgan fingerprint density at radius 1 is 1.42 bits per heavy atom. The van der Waals surface area contributed by atoms with E-state index in [-0.39, 0.29) is 15.7 Å². The zero-order chi connectivity index (χ0) is 14.8. The van der Waals surface area contributed by atoms with Gasteiger partial charge in [0, 0.05) is 0 Å². The molecule has 0 aromatic carbocycles. The van der Waals surface area contributed by atoms with Crippen molar-refractivity contribution in [1.82, 2.24) is 4.98 Å². The number of hydrogen-bond donors (Lipinski definition) is 3. The van der Waals surface area contributed by atoms with Crippen LogP contribution in [-0.2, 0) is 9.53 Å². The van der Waals surface area contributed by atoms with Crippen LogP contribution in [0.3, 0.4) is 0 Å². The SMILES string of the molecule is CC(C)(C)OC(=O)c1nc(/C(=N/O)C(=O)O)c(N)s1. The molecule has 9 heteroatoms. The minimum atomic E-state index is -1.50. The summed E-state index contributed by atoms with van der Waals surface area (Å²) in [6, 6.07) is 0. The number of aliphatic carboxylic acids is 1. The molecule has 4 N–H and O–H groups in total. The van der Waals surface area contributed by atoms with Crippen LogP contribution in [-0.4, -0.2) is 38.5 Å². The number of oxime groups is 1. The molecule has 19 heavy (non-hydrogen) atoms. The summed E-state index contributed by atoms with van der Waals surface area (Å²) in [6.45, 7) is 5.04. The lowest BCUT2D eigenvalue weighted by atomic mass is 10.2. The van der Waals surface area contributed by atoms with Crippen LogP contribution >= 0.6 is 11.3 Å². The number of carboxylic acids is 1. The maximum absolute atomic E-state index is 11.7. The molecule has 1 rings (SSSR count). The molecular formula is C10H13N3O5S. The van der Waals surface area contributed by atoms with Crippen molar-refractivity contribution in [2.45, 2.75) is 26.4 Å². The van der Waals surface area contributed by atoms with E-state index < -0.39 is 23.3 Å². The molecule has 0 amide bonds. The molecule has 8 nitrogen and oxygen atoms in total. The van der Waals surface area contributed by atoms with Crippen LogP contribution in [0.1, 0.15) is 36.3 Å². The number of hydrogen-bond acceptors (Lipinski definition) is 8. The van der Waals surface area contributed by atoms with E-state index in [0.29, 0.717) is 0 Å². The first-order valence-electron chi connectivity index (χ1n) is 5.11. The van der Waals surface area contributed by atoms with Gasteiger partial charge < -0.3 is 20.8 Å². The lowest BCUT2D eigenvalue weighted by Gasteiger charge is -2.18. The van der Waals surface area contributed by atoms with Gasteiger partial charge in [0.05, 0.1) is 0 Å². The number of thiazole rings is 1. The fourth-order valence-electron chi connectivity index (χ4n) is 1.10. The topological polar surface area (TPSA) is 135 Å². The summed E-state index contributed by atoms with van der Waals surface area (Å²) in [7, 11) is 0. The number of carboxylic acid groups (broad SMARTS) is 1. The molecule has 0 atom stereocenters. The third kappa shape index (κ3) is 3.65. The zero-order valence-electron chi connectivity index (χ0n) is 10.5. The van der Waals surface area contributed by atoms with Gasteiger partial charge in [0.15, 0.2) is 0 Å². The van der Waals surface area contributed by atoms with Crippen molar-refractivity contribution in [2.75, 3.05) is 5.73 Å². The number of carbonyl (C=O) groups is 2. The highest BCUT2D eigenvalue weighted by Crippen LogP contribution is 2.24. The molecule has 0 aliphatic heterocycles. The summed E-state index contributed by atoms with van der Waals surface area (Å²) in [6.07, 6.45) is 0. The second-order valence-corrected chi connectivity index (χ2v) is 5.52. The molecule has 104 valence electrons. The Morgan fingerprint density at radius 3 is 2.42 bits per heavy atom. The highest BCUT2D eigenvalue weighted by atomic mass is 32.1. The van der Waals surface area contributed by atoms with Crippen LogP contribution in [0.25, 0.3) is 0 Å². The molecule has 1 aromatic heterocycles. The molecule has 0 unspecified atom stereocenters. The summed E-state index contributed by atoms with van der Waals surface area (Å²) in [5.41, 5.74) is 3.84. The minimum Gasteiger partial charge on any atom is -0.476 e. The van der Waals surface area contributed by atoms with Crippen molar-refractivity contribution < 1.29 is 24.6 Å². The Morgan fingerprint density at radius 2 is 2.00 bits per heavy atom. The molecule has 0 fully saturated rings. The molecule has 0 saturated heterocycles. The minimum absolute atomic E-state index is 0.0453. The molecule has 1 aromatic rings. The number of carbonyl (C=O) groups excluding carboxylic acids is 1. The van der Waals surface area contributed by atoms with Crippen LogP contribution in [0.5, 0.6) is 0 Å². The molecule has 1 heterocycles.